The van der Waals surface area contributed by atoms with Gasteiger partial charge in [-0.3, -0.25) is 4.79 Å². The molecule has 5 nitrogen and oxygen atoms in total. The first-order valence-electron chi connectivity index (χ1n) is 7.87. The smallest absolute Gasteiger partial charge is 0.256 e. The number of rotatable bonds is 5. The maximum absolute atomic E-state index is 12.5. The second-order valence-electron chi connectivity index (χ2n) is 5.67. The van der Waals surface area contributed by atoms with Crippen molar-refractivity contribution in [1.29, 1.82) is 0 Å². The number of sulfone groups is 1. The van der Waals surface area contributed by atoms with Crippen LogP contribution in [0.1, 0.15) is 10.4 Å². The summed E-state index contributed by atoms with van der Waals surface area (Å²) in [5.41, 5.74) is 0.608. The van der Waals surface area contributed by atoms with E-state index in [9.17, 15) is 13.2 Å². The number of hydrogen-bond acceptors (Lipinski definition) is 4. The number of ether oxygens (including phenoxy) is 1. The zero-order chi connectivity index (χ0) is 18.6. The van der Waals surface area contributed by atoms with E-state index in [0.29, 0.717) is 17.2 Å². The fourth-order valence-corrected chi connectivity index (χ4v) is 3.32. The Morgan fingerprint density at radius 1 is 0.846 bits per heavy atom. The van der Waals surface area contributed by atoms with E-state index in [0.717, 1.165) is 6.26 Å². The summed E-state index contributed by atoms with van der Waals surface area (Å²) in [5.74, 6) is 0.742. The summed E-state index contributed by atoms with van der Waals surface area (Å²) in [6.45, 7) is 0. The van der Waals surface area contributed by atoms with Gasteiger partial charge in [-0.2, -0.15) is 0 Å². The van der Waals surface area contributed by atoms with Crippen LogP contribution in [0.25, 0.3) is 0 Å². The molecule has 1 N–H and O–H groups in total. The van der Waals surface area contributed by atoms with Gasteiger partial charge < -0.3 is 10.1 Å². The lowest BCUT2D eigenvalue weighted by Crippen LogP contribution is -2.16. The molecule has 0 aliphatic heterocycles. The molecule has 3 rings (SSSR count). The van der Waals surface area contributed by atoms with Gasteiger partial charge in [-0.1, -0.05) is 36.4 Å². The van der Waals surface area contributed by atoms with Gasteiger partial charge in [0.15, 0.2) is 9.84 Å². The second-order valence-corrected chi connectivity index (χ2v) is 7.65. The first kappa shape index (κ1) is 17.7. The molecular weight excluding hydrogens is 350 g/mol. The summed E-state index contributed by atoms with van der Waals surface area (Å²) in [7, 11) is -3.51. The van der Waals surface area contributed by atoms with Crippen LogP contribution in [0.3, 0.4) is 0 Å². The quantitative estimate of drug-likeness (QED) is 0.736. The van der Waals surface area contributed by atoms with Crippen molar-refractivity contribution in [2.45, 2.75) is 4.90 Å². The van der Waals surface area contributed by atoms with Crippen LogP contribution < -0.4 is 10.1 Å². The summed E-state index contributed by atoms with van der Waals surface area (Å²) in [6, 6.07) is 22.3. The van der Waals surface area contributed by atoms with E-state index in [-0.39, 0.29) is 10.5 Å². The van der Waals surface area contributed by atoms with Gasteiger partial charge in [0, 0.05) is 18.0 Å². The van der Waals surface area contributed by atoms with Crippen LogP contribution in [0, 0.1) is 0 Å². The molecule has 0 atom stereocenters. The molecule has 0 radical (unpaired) electrons. The Labute approximate surface area is 152 Å². The third-order valence-electron chi connectivity index (χ3n) is 3.60. The fraction of sp³-hybridized carbons (Fsp3) is 0.0500. The Hall–Kier alpha value is -3.12. The minimum atomic E-state index is -3.51. The third-order valence-corrected chi connectivity index (χ3v) is 4.76. The number of nitrogens with one attached hydrogen (secondary N) is 1. The standard InChI is InChI=1S/C20H17NO4S/c1-26(23,24)19-13-6-5-12-18(19)20(22)21-15-8-7-11-17(14-15)25-16-9-3-2-4-10-16/h2-14H,1H3,(H,21,22). The van der Waals surface area contributed by atoms with E-state index < -0.39 is 15.7 Å². The zero-order valence-electron chi connectivity index (χ0n) is 14.0. The Kier molecular flexibility index (Phi) is 5.04. The van der Waals surface area contributed by atoms with Gasteiger partial charge in [-0.15, -0.1) is 0 Å². The molecule has 0 unspecified atom stereocenters. The summed E-state index contributed by atoms with van der Waals surface area (Å²) >= 11 is 0. The maximum Gasteiger partial charge on any atom is 0.256 e. The highest BCUT2D eigenvalue weighted by atomic mass is 32.2. The van der Waals surface area contributed by atoms with Crippen LogP contribution in [0.15, 0.2) is 83.8 Å². The van der Waals surface area contributed by atoms with Crippen molar-refractivity contribution in [3.05, 3.63) is 84.4 Å². The largest absolute Gasteiger partial charge is 0.457 e. The van der Waals surface area contributed by atoms with E-state index in [4.69, 9.17) is 4.74 Å². The Bertz CT molecular complexity index is 1030. The topological polar surface area (TPSA) is 72.5 Å². The van der Waals surface area contributed by atoms with E-state index >= 15 is 0 Å². The highest BCUT2D eigenvalue weighted by molar-refractivity contribution is 7.90. The molecular formula is C20H17NO4S. The van der Waals surface area contributed by atoms with Crippen molar-refractivity contribution in [2.75, 3.05) is 11.6 Å². The normalized spacial score (nSPS) is 11.0. The minimum absolute atomic E-state index is 0.00538. The third kappa shape index (κ3) is 4.29. The highest BCUT2D eigenvalue weighted by Crippen LogP contribution is 2.24. The summed E-state index contributed by atoms with van der Waals surface area (Å²) in [6.07, 6.45) is 1.08. The fourth-order valence-electron chi connectivity index (χ4n) is 2.44. The van der Waals surface area contributed by atoms with Crippen LogP contribution in [-0.2, 0) is 9.84 Å². The van der Waals surface area contributed by atoms with Crippen molar-refractivity contribution in [3.8, 4) is 11.5 Å². The molecule has 0 heterocycles. The van der Waals surface area contributed by atoms with E-state index in [1.807, 2.05) is 30.3 Å². The van der Waals surface area contributed by atoms with Gasteiger partial charge >= 0.3 is 0 Å². The average molecular weight is 367 g/mol. The van der Waals surface area contributed by atoms with Crippen LogP contribution >= 0.6 is 0 Å². The van der Waals surface area contributed by atoms with Gasteiger partial charge in [-0.25, -0.2) is 8.42 Å². The van der Waals surface area contributed by atoms with Crippen LogP contribution in [0.2, 0.25) is 0 Å². The molecule has 0 fully saturated rings. The molecule has 0 aliphatic carbocycles. The van der Waals surface area contributed by atoms with Crippen molar-refractivity contribution in [1.82, 2.24) is 0 Å². The van der Waals surface area contributed by atoms with Crippen molar-refractivity contribution in [2.24, 2.45) is 0 Å². The molecule has 0 bridgehead atoms. The number of hydrogen-bond donors (Lipinski definition) is 1. The minimum Gasteiger partial charge on any atom is -0.457 e. The van der Waals surface area contributed by atoms with Crippen molar-refractivity contribution in [3.63, 3.8) is 0 Å². The van der Waals surface area contributed by atoms with Crippen LogP contribution in [-0.4, -0.2) is 20.6 Å². The molecule has 0 saturated carbocycles. The lowest BCUT2D eigenvalue weighted by atomic mass is 10.2. The monoisotopic (exact) mass is 367 g/mol. The Morgan fingerprint density at radius 2 is 1.50 bits per heavy atom. The van der Waals surface area contributed by atoms with E-state index in [1.54, 1.807) is 36.4 Å². The van der Waals surface area contributed by atoms with E-state index in [2.05, 4.69) is 5.32 Å². The van der Waals surface area contributed by atoms with Crippen LogP contribution in [0.5, 0.6) is 11.5 Å². The second kappa shape index (κ2) is 7.41. The predicted octanol–water partition coefficient (Wildman–Crippen LogP) is 4.13. The lowest BCUT2D eigenvalue weighted by Gasteiger charge is -2.11. The molecule has 0 saturated heterocycles. The number of carbonyl (C=O) groups excluding carboxylic acids is 1. The number of anilines is 1. The predicted molar refractivity (Wildman–Crippen MR) is 100 cm³/mol. The number of para-hydroxylation sites is 1. The summed E-state index contributed by atoms with van der Waals surface area (Å²) in [4.78, 5) is 12.5. The van der Waals surface area contributed by atoms with Gasteiger partial charge in [0.05, 0.1) is 10.5 Å². The molecule has 6 heteroatoms. The SMILES string of the molecule is CS(=O)(=O)c1ccccc1C(=O)Nc1cccc(Oc2ccccc2)c1. The summed E-state index contributed by atoms with van der Waals surface area (Å²) in [5, 5.41) is 2.71. The van der Waals surface area contributed by atoms with Gasteiger partial charge in [0.25, 0.3) is 5.91 Å². The molecule has 3 aromatic rings. The molecule has 26 heavy (non-hydrogen) atoms. The highest BCUT2D eigenvalue weighted by Gasteiger charge is 2.18. The van der Waals surface area contributed by atoms with Gasteiger partial charge in [0.2, 0.25) is 0 Å². The molecule has 3 aromatic carbocycles. The molecule has 132 valence electrons. The number of benzene rings is 3. The molecule has 1 amide bonds. The Balaban J connectivity index is 1.82. The maximum atomic E-state index is 12.5. The number of carbonyl (C=O) groups is 1. The summed E-state index contributed by atoms with van der Waals surface area (Å²) < 4.78 is 29.5. The lowest BCUT2D eigenvalue weighted by molar-refractivity contribution is 0.102. The first-order valence-corrected chi connectivity index (χ1v) is 9.76. The number of amides is 1. The Morgan fingerprint density at radius 3 is 2.23 bits per heavy atom. The van der Waals surface area contributed by atoms with Crippen molar-refractivity contribution < 1.29 is 17.9 Å². The van der Waals surface area contributed by atoms with Gasteiger partial charge in [0.1, 0.15) is 11.5 Å². The first-order chi connectivity index (χ1) is 12.4. The molecule has 0 spiro atoms. The zero-order valence-corrected chi connectivity index (χ0v) is 14.9. The molecule has 0 aliphatic rings. The van der Waals surface area contributed by atoms with Crippen molar-refractivity contribution >= 4 is 21.4 Å². The van der Waals surface area contributed by atoms with E-state index in [1.165, 1.54) is 12.1 Å². The average Bonchev–Trinajstić information content (AvgIpc) is 2.62. The van der Waals surface area contributed by atoms with Gasteiger partial charge in [-0.05, 0) is 36.4 Å². The molecule has 0 aromatic heterocycles. The van der Waals surface area contributed by atoms with Crippen LogP contribution in [0.4, 0.5) is 5.69 Å².